The Kier molecular flexibility index (Phi) is 7.81. The van der Waals surface area contributed by atoms with E-state index in [4.69, 9.17) is 5.11 Å². The van der Waals surface area contributed by atoms with Crippen molar-refractivity contribution in [3.63, 3.8) is 0 Å². The Morgan fingerprint density at radius 2 is 1.93 bits per heavy atom. The van der Waals surface area contributed by atoms with E-state index in [1.54, 1.807) is 35.0 Å². The number of azo groups is 1. The van der Waals surface area contributed by atoms with Gasteiger partial charge in [-0.3, -0.25) is 0 Å². The van der Waals surface area contributed by atoms with E-state index >= 15 is 0 Å². The van der Waals surface area contributed by atoms with Crippen molar-refractivity contribution in [3.8, 4) is 0 Å². The highest BCUT2D eigenvalue weighted by Gasteiger charge is 2.20. The van der Waals surface area contributed by atoms with Gasteiger partial charge in [-0.2, -0.15) is 9.68 Å². The number of imidazole rings is 1. The summed E-state index contributed by atoms with van der Waals surface area (Å²) in [5.41, 5.74) is 1.82. The maximum atomic E-state index is 10.3. The molecule has 28 heavy (non-hydrogen) atoms. The summed E-state index contributed by atoms with van der Waals surface area (Å²) in [6, 6.07) is 12.5. The summed E-state index contributed by atoms with van der Waals surface area (Å²) in [6.45, 7) is 0.402. The van der Waals surface area contributed by atoms with Crippen molar-refractivity contribution in [1.82, 2.24) is 9.30 Å². The molecule has 0 saturated heterocycles. The molecule has 11 heteroatoms. The van der Waals surface area contributed by atoms with E-state index in [2.05, 4.69) is 20.4 Å². The van der Waals surface area contributed by atoms with E-state index in [1.165, 1.54) is 17.2 Å². The van der Waals surface area contributed by atoms with Gasteiger partial charge < -0.3 is 32.4 Å². The van der Waals surface area contributed by atoms with Crippen molar-refractivity contribution in [1.29, 1.82) is 0 Å². The van der Waals surface area contributed by atoms with Gasteiger partial charge in [-0.15, -0.1) is 15.3 Å². The van der Waals surface area contributed by atoms with Crippen LogP contribution in [0.4, 0.5) is 0 Å². The SMILES string of the molecule is OCCn1ccccc1=NN=CN=NCC(O)[n+]1cn(O)c2ccccc21.[Cl-]. The predicted molar refractivity (Wildman–Crippen MR) is 95.9 cm³/mol. The molecule has 0 radical (unpaired) electrons. The van der Waals surface area contributed by atoms with Crippen molar-refractivity contribution in [2.45, 2.75) is 12.8 Å². The number of aromatic nitrogens is 3. The number of halogens is 1. The molecule has 0 aliphatic carbocycles. The van der Waals surface area contributed by atoms with Crippen molar-refractivity contribution in [3.05, 3.63) is 60.5 Å². The Morgan fingerprint density at radius 3 is 2.75 bits per heavy atom. The molecule has 0 saturated carbocycles. The van der Waals surface area contributed by atoms with Crippen molar-refractivity contribution in [2.75, 3.05) is 13.2 Å². The second-order valence-corrected chi connectivity index (χ2v) is 5.58. The number of para-hydroxylation sites is 2. The zero-order valence-corrected chi connectivity index (χ0v) is 15.6. The summed E-state index contributed by atoms with van der Waals surface area (Å²) in [5, 5.41) is 44.5. The molecule has 0 aliphatic rings. The van der Waals surface area contributed by atoms with Gasteiger partial charge in [0.1, 0.15) is 6.54 Å². The largest absolute Gasteiger partial charge is 1.00 e. The first-order valence-electron chi connectivity index (χ1n) is 8.27. The van der Waals surface area contributed by atoms with Gasteiger partial charge in [0.25, 0.3) is 6.33 Å². The fourth-order valence-corrected chi connectivity index (χ4v) is 2.56. The fourth-order valence-electron chi connectivity index (χ4n) is 2.56. The maximum Gasteiger partial charge on any atom is 0.287 e. The highest BCUT2D eigenvalue weighted by molar-refractivity contribution is 5.71. The second-order valence-electron chi connectivity index (χ2n) is 5.58. The summed E-state index contributed by atoms with van der Waals surface area (Å²) < 4.78 is 4.19. The topological polar surface area (TPSA) is 124 Å². The first-order valence-corrected chi connectivity index (χ1v) is 8.27. The van der Waals surface area contributed by atoms with Crippen LogP contribution in [0.5, 0.6) is 0 Å². The third-order valence-corrected chi connectivity index (χ3v) is 3.81. The molecule has 3 aromatic rings. The molecule has 0 aliphatic heterocycles. The molecule has 0 amide bonds. The minimum absolute atomic E-state index is 0. The van der Waals surface area contributed by atoms with E-state index in [0.717, 1.165) is 4.73 Å². The maximum absolute atomic E-state index is 10.3. The Bertz CT molecular complexity index is 1030. The Balaban J connectivity index is 0.00000280. The van der Waals surface area contributed by atoms with Crippen molar-refractivity contribution < 1.29 is 32.4 Å². The molecular weight excluding hydrogens is 386 g/mol. The van der Waals surface area contributed by atoms with Crippen LogP contribution in [0.25, 0.3) is 11.0 Å². The lowest BCUT2D eigenvalue weighted by atomic mass is 10.3. The van der Waals surface area contributed by atoms with Gasteiger partial charge in [0.15, 0.2) is 17.3 Å². The average molecular weight is 406 g/mol. The molecule has 1 atom stereocenters. The van der Waals surface area contributed by atoms with Crippen molar-refractivity contribution >= 4 is 17.4 Å². The van der Waals surface area contributed by atoms with E-state index in [-0.39, 0.29) is 25.6 Å². The molecule has 0 bridgehead atoms. The van der Waals surface area contributed by atoms with Crippen LogP contribution in [0, 0.1) is 0 Å². The van der Waals surface area contributed by atoms with E-state index in [0.29, 0.717) is 23.1 Å². The standard InChI is InChI=1S/C17H20N7O3.ClH/c25-10-9-22-8-4-3-7-16(22)21-20-12-19-18-11-17(26)23-13-24(27)15-6-2-1-5-14(15)23;/h1-8,12-13,17,25-27H,9-11H2;1H/q+1;/p-1. The lowest BCUT2D eigenvalue weighted by Gasteiger charge is -2.02. The molecule has 1 unspecified atom stereocenters. The summed E-state index contributed by atoms with van der Waals surface area (Å²) in [7, 11) is 0. The van der Waals surface area contributed by atoms with Gasteiger partial charge in [-0.05, 0) is 29.0 Å². The Morgan fingerprint density at radius 1 is 1.14 bits per heavy atom. The molecule has 1 aromatic carbocycles. The van der Waals surface area contributed by atoms with Gasteiger partial charge in [-0.25, -0.2) is 0 Å². The average Bonchev–Trinajstić information content (AvgIpc) is 3.03. The van der Waals surface area contributed by atoms with Crippen LogP contribution in [-0.2, 0) is 6.54 Å². The molecule has 2 aromatic heterocycles. The van der Waals surface area contributed by atoms with Gasteiger partial charge in [0.2, 0.25) is 11.7 Å². The van der Waals surface area contributed by atoms with Crippen LogP contribution in [0.3, 0.4) is 0 Å². The zero-order valence-electron chi connectivity index (χ0n) is 14.8. The third kappa shape index (κ3) is 5.00. The fraction of sp³-hybridized carbons (Fsp3) is 0.235. The van der Waals surface area contributed by atoms with Crippen LogP contribution >= 0.6 is 0 Å². The number of benzene rings is 1. The molecule has 10 nitrogen and oxygen atoms in total. The van der Waals surface area contributed by atoms with Crippen LogP contribution in [0.1, 0.15) is 6.23 Å². The van der Waals surface area contributed by atoms with E-state index in [9.17, 15) is 10.3 Å². The quantitative estimate of drug-likeness (QED) is 0.100. The predicted octanol–water partition coefficient (Wildman–Crippen LogP) is -2.55. The van der Waals surface area contributed by atoms with Gasteiger partial charge in [-0.1, -0.05) is 18.2 Å². The molecule has 3 N–H and O–H groups in total. The molecule has 148 valence electrons. The summed E-state index contributed by atoms with van der Waals surface area (Å²) in [5.74, 6) is 0. The molecule has 0 fully saturated rings. The number of aliphatic hydroxyl groups excluding tert-OH is 2. The van der Waals surface area contributed by atoms with Crippen LogP contribution in [0.2, 0.25) is 0 Å². The molecule has 2 heterocycles. The van der Waals surface area contributed by atoms with Gasteiger partial charge >= 0.3 is 0 Å². The first kappa shape index (κ1) is 21.2. The Hall–Kier alpha value is -3.08. The highest BCUT2D eigenvalue weighted by atomic mass is 35.5. The minimum atomic E-state index is -0.988. The number of hydrogen-bond donors (Lipinski definition) is 3. The Labute approximate surface area is 166 Å². The summed E-state index contributed by atoms with van der Waals surface area (Å²) >= 11 is 0. The highest BCUT2D eigenvalue weighted by Crippen LogP contribution is 2.10. The normalized spacial score (nSPS) is 13.4. The molecule has 0 spiro atoms. The van der Waals surface area contributed by atoms with Crippen molar-refractivity contribution in [2.24, 2.45) is 20.4 Å². The second kappa shape index (κ2) is 10.3. The number of nitrogens with zero attached hydrogens (tertiary/aromatic N) is 7. The van der Waals surface area contributed by atoms with Gasteiger partial charge in [0, 0.05) is 12.7 Å². The number of pyridine rings is 1. The van der Waals surface area contributed by atoms with E-state index in [1.807, 2.05) is 18.2 Å². The zero-order chi connectivity index (χ0) is 19.1. The van der Waals surface area contributed by atoms with Crippen LogP contribution < -0.4 is 22.5 Å². The molecule has 3 rings (SSSR count). The third-order valence-electron chi connectivity index (χ3n) is 3.81. The van der Waals surface area contributed by atoms with E-state index < -0.39 is 6.23 Å². The number of rotatable bonds is 7. The minimum Gasteiger partial charge on any atom is -1.00 e. The lowest BCUT2D eigenvalue weighted by molar-refractivity contribution is -0.735. The summed E-state index contributed by atoms with van der Waals surface area (Å²) in [4.78, 5) is 0. The smallest absolute Gasteiger partial charge is 0.287 e. The van der Waals surface area contributed by atoms with Gasteiger partial charge in [0.05, 0.1) is 6.61 Å². The monoisotopic (exact) mass is 405 g/mol. The van der Waals surface area contributed by atoms with Crippen LogP contribution in [0.15, 0.2) is 75.4 Å². The molecular formula is C17H20ClN7O3. The lowest BCUT2D eigenvalue weighted by Crippen LogP contribution is -3.00. The number of fused-ring (bicyclic) bond motifs is 1. The number of aliphatic hydroxyl groups is 2. The number of hydrogen-bond acceptors (Lipinski definition) is 6. The summed E-state index contributed by atoms with van der Waals surface area (Å²) in [6.07, 6.45) is 3.35. The first-order chi connectivity index (χ1) is 13.2. The van der Waals surface area contributed by atoms with Crippen LogP contribution in [-0.4, -0.2) is 44.2 Å².